The van der Waals surface area contributed by atoms with Crippen molar-refractivity contribution < 1.29 is 4.79 Å². The first-order chi connectivity index (χ1) is 11.9. The Bertz CT molecular complexity index is 977. The molecule has 0 saturated heterocycles. The molecular formula is C20H19ClN2O2. The summed E-state index contributed by atoms with van der Waals surface area (Å²) in [7, 11) is 0. The van der Waals surface area contributed by atoms with Gasteiger partial charge in [0, 0.05) is 22.7 Å². The Morgan fingerprint density at radius 1 is 1.16 bits per heavy atom. The van der Waals surface area contributed by atoms with Crippen LogP contribution in [0.25, 0.3) is 10.9 Å². The van der Waals surface area contributed by atoms with Crippen LogP contribution in [-0.2, 0) is 11.3 Å². The van der Waals surface area contributed by atoms with Crippen molar-refractivity contribution >= 4 is 28.4 Å². The van der Waals surface area contributed by atoms with Crippen molar-refractivity contribution in [3.63, 3.8) is 0 Å². The van der Waals surface area contributed by atoms with Gasteiger partial charge < -0.3 is 9.88 Å². The molecule has 2 aromatic carbocycles. The van der Waals surface area contributed by atoms with Gasteiger partial charge in [0.1, 0.15) is 6.54 Å². The maximum atomic E-state index is 12.4. The van der Waals surface area contributed by atoms with Gasteiger partial charge in [-0.3, -0.25) is 9.59 Å². The normalized spacial score (nSPS) is 12.1. The number of benzene rings is 2. The van der Waals surface area contributed by atoms with Crippen molar-refractivity contribution in [1.29, 1.82) is 0 Å². The molecule has 25 heavy (non-hydrogen) atoms. The van der Waals surface area contributed by atoms with E-state index in [1.165, 1.54) is 6.07 Å². The molecule has 1 N–H and O–H groups in total. The maximum Gasteiger partial charge on any atom is 0.240 e. The molecule has 0 aliphatic heterocycles. The number of carbonyl (C=O) groups excluding carboxylic acids is 1. The minimum atomic E-state index is -0.127. The van der Waals surface area contributed by atoms with Crippen LogP contribution in [0, 0.1) is 6.92 Å². The first-order valence-electron chi connectivity index (χ1n) is 8.08. The molecule has 1 aromatic heterocycles. The fourth-order valence-electron chi connectivity index (χ4n) is 2.84. The highest BCUT2D eigenvalue weighted by Crippen LogP contribution is 2.16. The first-order valence-corrected chi connectivity index (χ1v) is 8.46. The van der Waals surface area contributed by atoms with E-state index in [1.54, 1.807) is 22.9 Å². The molecule has 0 spiro atoms. The molecular weight excluding hydrogens is 336 g/mol. The van der Waals surface area contributed by atoms with E-state index in [2.05, 4.69) is 5.32 Å². The molecule has 0 aliphatic rings. The number of rotatable bonds is 4. The number of nitrogens with zero attached hydrogens (tertiary/aromatic N) is 1. The molecule has 0 saturated carbocycles. The number of halogens is 1. The standard InChI is InChI=1S/C20H19ClN2O2/c1-13-3-8-18-17(11-13)19(24)9-10-23(18)12-20(25)22-14(2)15-4-6-16(21)7-5-15/h3-11,14H,12H2,1-2H3,(H,22,25)/t14-/m0/s1. The maximum absolute atomic E-state index is 12.4. The molecule has 5 heteroatoms. The molecule has 3 aromatic rings. The van der Waals surface area contributed by atoms with Gasteiger partial charge in [-0.1, -0.05) is 35.4 Å². The largest absolute Gasteiger partial charge is 0.348 e. The number of carbonyl (C=O) groups is 1. The molecule has 128 valence electrons. The lowest BCUT2D eigenvalue weighted by atomic mass is 10.1. The molecule has 0 bridgehead atoms. The van der Waals surface area contributed by atoms with Crippen LogP contribution in [-0.4, -0.2) is 10.5 Å². The average molecular weight is 355 g/mol. The van der Waals surface area contributed by atoms with Crippen molar-refractivity contribution in [2.24, 2.45) is 0 Å². The molecule has 0 aliphatic carbocycles. The molecule has 0 radical (unpaired) electrons. The van der Waals surface area contributed by atoms with Crippen LogP contribution in [0.2, 0.25) is 5.02 Å². The van der Waals surface area contributed by atoms with Gasteiger partial charge in [0.05, 0.1) is 11.6 Å². The van der Waals surface area contributed by atoms with Crippen molar-refractivity contribution in [2.45, 2.75) is 26.4 Å². The lowest BCUT2D eigenvalue weighted by molar-refractivity contribution is -0.122. The van der Waals surface area contributed by atoms with Crippen LogP contribution >= 0.6 is 11.6 Å². The SMILES string of the molecule is Cc1ccc2c(c1)c(=O)ccn2CC(=O)N[C@@H](C)c1ccc(Cl)cc1. The summed E-state index contributed by atoms with van der Waals surface area (Å²) in [6.45, 7) is 4.02. The average Bonchev–Trinajstić information content (AvgIpc) is 2.58. The number of hydrogen-bond acceptors (Lipinski definition) is 2. The Morgan fingerprint density at radius 2 is 1.88 bits per heavy atom. The Morgan fingerprint density at radius 3 is 2.60 bits per heavy atom. The van der Waals surface area contributed by atoms with E-state index >= 15 is 0 Å². The first kappa shape index (κ1) is 17.2. The summed E-state index contributed by atoms with van der Waals surface area (Å²) in [4.78, 5) is 24.5. The summed E-state index contributed by atoms with van der Waals surface area (Å²) in [5.74, 6) is -0.118. The van der Waals surface area contributed by atoms with E-state index in [9.17, 15) is 9.59 Å². The van der Waals surface area contributed by atoms with Crippen LogP contribution in [0.4, 0.5) is 0 Å². The van der Waals surface area contributed by atoms with Gasteiger partial charge in [-0.25, -0.2) is 0 Å². The monoisotopic (exact) mass is 354 g/mol. The van der Waals surface area contributed by atoms with E-state index in [1.807, 2.05) is 44.2 Å². The summed E-state index contributed by atoms with van der Waals surface area (Å²) in [6, 6.07) is 14.4. The number of fused-ring (bicyclic) bond motifs is 1. The van der Waals surface area contributed by atoms with Gasteiger partial charge in [0.25, 0.3) is 0 Å². The Balaban J connectivity index is 1.79. The third kappa shape index (κ3) is 3.91. The third-order valence-electron chi connectivity index (χ3n) is 4.19. The Hall–Kier alpha value is -2.59. The van der Waals surface area contributed by atoms with Crippen LogP contribution in [0.1, 0.15) is 24.1 Å². The lowest BCUT2D eigenvalue weighted by Gasteiger charge is -2.16. The highest BCUT2D eigenvalue weighted by Gasteiger charge is 2.11. The summed E-state index contributed by atoms with van der Waals surface area (Å²) in [5.41, 5.74) is 2.72. The van der Waals surface area contributed by atoms with E-state index in [-0.39, 0.29) is 23.9 Å². The van der Waals surface area contributed by atoms with Gasteiger partial charge in [-0.05, 0) is 43.7 Å². The van der Waals surface area contributed by atoms with Crippen molar-refractivity contribution in [1.82, 2.24) is 9.88 Å². The van der Waals surface area contributed by atoms with Crippen molar-refractivity contribution in [3.05, 3.63) is 81.1 Å². The minimum Gasteiger partial charge on any atom is -0.348 e. The molecule has 3 rings (SSSR count). The summed E-state index contributed by atoms with van der Waals surface area (Å²) < 4.78 is 1.79. The quantitative estimate of drug-likeness (QED) is 0.773. The fraction of sp³-hybridized carbons (Fsp3) is 0.200. The summed E-state index contributed by atoms with van der Waals surface area (Å²) in [6.07, 6.45) is 1.66. The molecule has 4 nitrogen and oxygen atoms in total. The topological polar surface area (TPSA) is 51.1 Å². The summed E-state index contributed by atoms with van der Waals surface area (Å²) >= 11 is 5.89. The van der Waals surface area contributed by atoms with Gasteiger partial charge in [0.15, 0.2) is 5.43 Å². The minimum absolute atomic E-state index is 0.0371. The van der Waals surface area contributed by atoms with E-state index in [0.717, 1.165) is 16.6 Å². The van der Waals surface area contributed by atoms with Crippen LogP contribution in [0.15, 0.2) is 59.5 Å². The second kappa shape index (κ2) is 7.11. The number of hydrogen-bond donors (Lipinski definition) is 1. The molecule has 1 heterocycles. The number of amides is 1. The Kier molecular flexibility index (Phi) is 4.91. The van der Waals surface area contributed by atoms with Gasteiger partial charge >= 0.3 is 0 Å². The third-order valence-corrected chi connectivity index (χ3v) is 4.45. The second-order valence-corrected chi connectivity index (χ2v) is 6.61. The van der Waals surface area contributed by atoms with Gasteiger partial charge in [0.2, 0.25) is 5.91 Å². The van der Waals surface area contributed by atoms with E-state index < -0.39 is 0 Å². The zero-order chi connectivity index (χ0) is 18.0. The molecule has 1 amide bonds. The number of aromatic nitrogens is 1. The van der Waals surface area contributed by atoms with E-state index in [4.69, 9.17) is 11.6 Å². The van der Waals surface area contributed by atoms with Gasteiger partial charge in [-0.2, -0.15) is 0 Å². The van der Waals surface area contributed by atoms with E-state index in [0.29, 0.717) is 10.4 Å². The Labute approximate surface area is 151 Å². The van der Waals surface area contributed by atoms with Crippen LogP contribution in [0.5, 0.6) is 0 Å². The lowest BCUT2D eigenvalue weighted by Crippen LogP contribution is -2.30. The van der Waals surface area contributed by atoms with Crippen LogP contribution in [0.3, 0.4) is 0 Å². The van der Waals surface area contributed by atoms with Crippen molar-refractivity contribution in [2.75, 3.05) is 0 Å². The zero-order valence-electron chi connectivity index (χ0n) is 14.1. The molecule has 0 unspecified atom stereocenters. The number of nitrogens with one attached hydrogen (secondary N) is 1. The van der Waals surface area contributed by atoms with Gasteiger partial charge in [-0.15, -0.1) is 0 Å². The fourth-order valence-corrected chi connectivity index (χ4v) is 2.97. The second-order valence-electron chi connectivity index (χ2n) is 6.17. The van der Waals surface area contributed by atoms with Crippen molar-refractivity contribution in [3.8, 4) is 0 Å². The highest BCUT2D eigenvalue weighted by molar-refractivity contribution is 6.30. The van der Waals surface area contributed by atoms with Crippen LogP contribution < -0.4 is 10.7 Å². The highest BCUT2D eigenvalue weighted by atomic mass is 35.5. The number of aryl methyl sites for hydroxylation is 1. The molecule has 1 atom stereocenters. The molecule has 0 fully saturated rings. The number of pyridine rings is 1. The zero-order valence-corrected chi connectivity index (χ0v) is 14.9. The smallest absolute Gasteiger partial charge is 0.240 e. The summed E-state index contributed by atoms with van der Waals surface area (Å²) in [5, 5.41) is 4.26. The predicted molar refractivity (Wildman–Crippen MR) is 101 cm³/mol. The predicted octanol–water partition coefficient (Wildman–Crippen LogP) is 3.84.